The van der Waals surface area contributed by atoms with Crippen molar-refractivity contribution in [1.82, 2.24) is 0 Å². The van der Waals surface area contributed by atoms with Crippen LogP contribution in [-0.2, 0) is 17.6 Å². The Bertz CT molecular complexity index is 547. The molecule has 0 fully saturated rings. The molecule has 3 nitrogen and oxygen atoms in total. The quantitative estimate of drug-likeness (QED) is 0.593. The lowest BCUT2D eigenvalue weighted by Gasteiger charge is -2.17. The van der Waals surface area contributed by atoms with Gasteiger partial charge in [0.25, 0.3) is 0 Å². The molecular weight excluding hydrogens is 322 g/mol. The number of carbonyl (C=O) groups is 1. The summed E-state index contributed by atoms with van der Waals surface area (Å²) in [7, 11) is 0. The van der Waals surface area contributed by atoms with E-state index in [1.165, 1.54) is 11.1 Å². The first-order chi connectivity index (χ1) is 12.0. The maximum atomic E-state index is 10.1. The van der Waals surface area contributed by atoms with Crippen LogP contribution in [0.25, 0.3) is 0 Å². The molecule has 0 radical (unpaired) electrons. The van der Waals surface area contributed by atoms with Gasteiger partial charge >= 0.3 is 0 Å². The topological polar surface area (TPSA) is 61.1 Å². The smallest absolute Gasteiger partial charge is 0.120 e. The molecule has 0 aliphatic carbocycles. The molecule has 146 valence electrons. The third-order valence-corrected chi connectivity index (χ3v) is 4.36. The Balaban J connectivity index is 0.000000488. The van der Waals surface area contributed by atoms with E-state index in [0.29, 0.717) is 12.3 Å². The minimum Gasteiger partial charge on any atom is -0.390 e. The molecule has 1 aromatic rings. The van der Waals surface area contributed by atoms with Crippen molar-refractivity contribution in [3.05, 3.63) is 35.4 Å². The zero-order valence-electron chi connectivity index (χ0n) is 17.5. The van der Waals surface area contributed by atoms with Crippen molar-refractivity contribution >= 4 is 6.29 Å². The van der Waals surface area contributed by atoms with Crippen molar-refractivity contribution in [1.29, 1.82) is 5.26 Å². The van der Waals surface area contributed by atoms with Crippen molar-refractivity contribution in [3.8, 4) is 6.07 Å². The number of hydrogen-bond acceptors (Lipinski definition) is 3. The van der Waals surface area contributed by atoms with Gasteiger partial charge in [0.15, 0.2) is 0 Å². The highest BCUT2D eigenvalue weighted by Crippen LogP contribution is 2.20. The molecular formula is C23H37NO2. The summed E-state index contributed by atoms with van der Waals surface area (Å²) in [5.41, 5.74) is 1.78. The molecule has 0 saturated heterocycles. The summed E-state index contributed by atoms with van der Waals surface area (Å²) in [6.07, 6.45) is 6.35. The van der Waals surface area contributed by atoms with Crippen molar-refractivity contribution in [2.75, 3.05) is 0 Å². The first-order valence-corrected chi connectivity index (χ1v) is 9.68. The largest absolute Gasteiger partial charge is 0.390 e. The molecule has 0 aromatic heterocycles. The minimum atomic E-state index is -0.555. The number of carbonyl (C=O) groups excluding carboxylic acids is 1. The van der Waals surface area contributed by atoms with Gasteiger partial charge in [0, 0.05) is 6.42 Å². The maximum Gasteiger partial charge on any atom is 0.120 e. The van der Waals surface area contributed by atoms with E-state index in [2.05, 4.69) is 44.2 Å². The van der Waals surface area contributed by atoms with E-state index in [1.54, 1.807) is 0 Å². The zero-order valence-corrected chi connectivity index (χ0v) is 17.5. The van der Waals surface area contributed by atoms with Crippen LogP contribution in [0.4, 0.5) is 0 Å². The lowest BCUT2D eigenvalue weighted by molar-refractivity contribution is -0.108. The molecule has 26 heavy (non-hydrogen) atoms. The van der Waals surface area contributed by atoms with Crippen LogP contribution in [0.2, 0.25) is 0 Å². The zero-order chi connectivity index (χ0) is 20.2. The van der Waals surface area contributed by atoms with Gasteiger partial charge < -0.3 is 9.90 Å². The molecule has 0 aliphatic rings. The van der Waals surface area contributed by atoms with E-state index in [0.717, 1.165) is 38.4 Å². The van der Waals surface area contributed by atoms with Gasteiger partial charge in [0.05, 0.1) is 17.1 Å². The Morgan fingerprint density at radius 3 is 2.12 bits per heavy atom. The van der Waals surface area contributed by atoms with Crippen molar-refractivity contribution in [3.63, 3.8) is 0 Å². The van der Waals surface area contributed by atoms with Gasteiger partial charge in [0.2, 0.25) is 0 Å². The van der Waals surface area contributed by atoms with E-state index < -0.39 is 5.60 Å². The lowest BCUT2D eigenvalue weighted by Crippen LogP contribution is -2.18. The average Bonchev–Trinajstić information content (AvgIpc) is 2.55. The standard InChI is InChI=1S/C13H17N.C10H20O2/c1-4-11-5-7-12(8-6-11)9-13(2,3)10-14;1-9(6-8-11)5-4-7-10(2,3)12/h5-8H,4,9H2,1-3H3;8-9,12H,4-7H2,1-3H3. The SMILES string of the molecule is CC(CC=O)CCCC(C)(C)O.CCc1ccc(CC(C)(C)C#N)cc1. The fourth-order valence-corrected chi connectivity index (χ4v) is 2.61. The Morgan fingerprint density at radius 1 is 1.15 bits per heavy atom. The number of aldehydes is 1. The first kappa shape index (κ1) is 24.3. The summed E-state index contributed by atoms with van der Waals surface area (Å²) >= 11 is 0. The van der Waals surface area contributed by atoms with Crippen molar-refractivity contribution in [2.45, 2.75) is 85.7 Å². The fraction of sp³-hybridized carbons (Fsp3) is 0.652. The highest BCUT2D eigenvalue weighted by Gasteiger charge is 2.16. The van der Waals surface area contributed by atoms with Gasteiger partial charge in [-0.05, 0) is 64.0 Å². The summed E-state index contributed by atoms with van der Waals surface area (Å²) < 4.78 is 0. The number of hydrogen-bond donors (Lipinski definition) is 1. The number of benzene rings is 1. The predicted octanol–water partition coefficient (Wildman–Crippen LogP) is 5.49. The van der Waals surface area contributed by atoms with Crippen LogP contribution < -0.4 is 0 Å². The van der Waals surface area contributed by atoms with Crippen LogP contribution in [0.5, 0.6) is 0 Å². The predicted molar refractivity (Wildman–Crippen MR) is 109 cm³/mol. The average molecular weight is 360 g/mol. The van der Waals surface area contributed by atoms with Crippen LogP contribution in [-0.4, -0.2) is 17.0 Å². The van der Waals surface area contributed by atoms with Gasteiger partial charge in [0.1, 0.15) is 6.29 Å². The first-order valence-electron chi connectivity index (χ1n) is 9.68. The molecule has 0 bridgehead atoms. The summed E-state index contributed by atoms with van der Waals surface area (Å²) in [5, 5.41) is 18.3. The van der Waals surface area contributed by atoms with Crippen molar-refractivity contribution in [2.24, 2.45) is 11.3 Å². The number of nitriles is 1. The summed E-state index contributed by atoms with van der Waals surface area (Å²) in [5.74, 6) is 0.463. The monoisotopic (exact) mass is 359 g/mol. The van der Waals surface area contributed by atoms with Gasteiger partial charge in [-0.3, -0.25) is 0 Å². The molecule has 0 aliphatic heterocycles. The summed E-state index contributed by atoms with van der Waals surface area (Å²) in [6.45, 7) is 11.8. The molecule has 0 saturated carbocycles. The van der Waals surface area contributed by atoms with Crippen molar-refractivity contribution < 1.29 is 9.90 Å². The molecule has 1 unspecified atom stereocenters. The highest BCUT2D eigenvalue weighted by atomic mass is 16.3. The number of aryl methyl sites for hydroxylation is 1. The van der Waals surface area contributed by atoms with Gasteiger partial charge in [-0.2, -0.15) is 5.26 Å². The molecule has 1 rings (SSSR count). The van der Waals surface area contributed by atoms with Crippen LogP contribution in [0, 0.1) is 22.7 Å². The number of aliphatic hydroxyl groups is 1. The third kappa shape index (κ3) is 12.7. The molecule has 0 heterocycles. The molecule has 3 heteroatoms. The summed E-state index contributed by atoms with van der Waals surface area (Å²) in [6, 6.07) is 10.8. The molecule has 0 spiro atoms. The Morgan fingerprint density at radius 2 is 1.69 bits per heavy atom. The maximum absolute atomic E-state index is 10.1. The molecule has 0 amide bonds. The van der Waals surface area contributed by atoms with E-state index >= 15 is 0 Å². The van der Waals surface area contributed by atoms with Gasteiger partial charge in [-0.1, -0.05) is 51.0 Å². The lowest BCUT2D eigenvalue weighted by atomic mass is 9.87. The molecule has 1 atom stereocenters. The second-order valence-corrected chi connectivity index (χ2v) is 8.55. The Labute approximate surface area is 160 Å². The second-order valence-electron chi connectivity index (χ2n) is 8.55. The number of nitrogens with zero attached hydrogens (tertiary/aromatic N) is 1. The summed E-state index contributed by atoms with van der Waals surface area (Å²) in [4.78, 5) is 10.1. The molecule has 1 N–H and O–H groups in total. The third-order valence-electron chi connectivity index (χ3n) is 4.36. The fourth-order valence-electron chi connectivity index (χ4n) is 2.61. The highest BCUT2D eigenvalue weighted by molar-refractivity contribution is 5.49. The molecule has 1 aromatic carbocycles. The Hall–Kier alpha value is -1.66. The van der Waals surface area contributed by atoms with E-state index in [9.17, 15) is 9.90 Å². The van der Waals surface area contributed by atoms with E-state index in [1.807, 2.05) is 27.7 Å². The normalized spacial score (nSPS) is 12.5. The van der Waals surface area contributed by atoms with E-state index in [-0.39, 0.29) is 5.41 Å². The van der Waals surface area contributed by atoms with Gasteiger partial charge in [-0.15, -0.1) is 0 Å². The van der Waals surface area contributed by atoms with Crippen LogP contribution in [0.3, 0.4) is 0 Å². The minimum absolute atomic E-state index is 0.256. The number of rotatable bonds is 9. The van der Waals surface area contributed by atoms with Crippen LogP contribution >= 0.6 is 0 Å². The van der Waals surface area contributed by atoms with Crippen LogP contribution in [0.1, 0.15) is 78.4 Å². The van der Waals surface area contributed by atoms with Crippen LogP contribution in [0.15, 0.2) is 24.3 Å². The Kier molecular flexibility index (Phi) is 11.1. The van der Waals surface area contributed by atoms with Gasteiger partial charge in [-0.25, -0.2) is 0 Å². The van der Waals surface area contributed by atoms with E-state index in [4.69, 9.17) is 5.26 Å². The second kappa shape index (κ2) is 11.9.